The van der Waals surface area contributed by atoms with Gasteiger partial charge in [-0.05, 0) is 19.1 Å². The average molecular weight is 212 g/mol. The number of nitrogens with one attached hydrogen (secondary N) is 1. The lowest BCUT2D eigenvalue weighted by Gasteiger charge is -2.20. The number of aliphatic imine (C=N–C) groups is 1. The monoisotopic (exact) mass is 212 g/mol. The largest absolute Gasteiger partial charge is 0.461 e. The number of hydrogen-bond donors (Lipinski definition) is 1. The zero-order valence-corrected chi connectivity index (χ0v) is 8.76. The van der Waals surface area contributed by atoms with Crippen LogP contribution in [0.4, 0.5) is 0 Å². The van der Waals surface area contributed by atoms with Crippen molar-refractivity contribution in [1.82, 2.24) is 5.32 Å². The molecule has 0 aromatic carbocycles. The summed E-state index contributed by atoms with van der Waals surface area (Å²) in [5.41, 5.74) is 0.697. The van der Waals surface area contributed by atoms with E-state index in [2.05, 4.69) is 16.9 Å². The molecule has 1 unspecified atom stereocenters. The minimum Gasteiger partial charge on any atom is -0.461 e. The van der Waals surface area contributed by atoms with Gasteiger partial charge in [-0.2, -0.15) is 0 Å². The van der Waals surface area contributed by atoms with E-state index in [9.17, 15) is 4.79 Å². The summed E-state index contributed by atoms with van der Waals surface area (Å²) < 4.78 is 4.92. The molecule has 0 bridgehead atoms. The average Bonchev–Trinajstić information content (AvgIpc) is 2.14. The molecule has 76 valence electrons. The van der Waals surface area contributed by atoms with E-state index in [1.165, 1.54) is 6.08 Å². The summed E-state index contributed by atoms with van der Waals surface area (Å²) in [7, 11) is 0. The Labute approximate surface area is 88.0 Å². The van der Waals surface area contributed by atoms with Crippen LogP contribution in [0.1, 0.15) is 6.92 Å². The molecule has 0 saturated carbocycles. The van der Waals surface area contributed by atoms with Crippen LogP contribution in [0.25, 0.3) is 0 Å². The summed E-state index contributed by atoms with van der Waals surface area (Å²) >= 11 is 4.84. The Hall–Kier alpha value is -1.23. The van der Waals surface area contributed by atoms with Gasteiger partial charge >= 0.3 is 5.97 Å². The summed E-state index contributed by atoms with van der Waals surface area (Å²) in [6, 6.07) is 0. The maximum atomic E-state index is 11.4. The minimum absolute atomic E-state index is 0.229. The molecular weight excluding hydrogens is 200 g/mol. The number of carbonyl (C=O) groups excluding carboxylic acids is 1. The van der Waals surface area contributed by atoms with Crippen LogP contribution in [-0.2, 0) is 9.53 Å². The van der Waals surface area contributed by atoms with Crippen molar-refractivity contribution >= 4 is 29.0 Å². The summed E-state index contributed by atoms with van der Waals surface area (Å²) in [5, 5.41) is 3.26. The van der Waals surface area contributed by atoms with Gasteiger partial charge in [0, 0.05) is 12.3 Å². The summed E-state index contributed by atoms with van der Waals surface area (Å²) in [5.74, 6) is -0.622. The highest BCUT2D eigenvalue weighted by atomic mass is 32.1. The molecule has 4 nitrogen and oxygen atoms in total. The lowest BCUT2D eigenvalue weighted by atomic mass is 10.0. The molecule has 0 radical (unpaired) electrons. The Morgan fingerprint density at radius 2 is 2.64 bits per heavy atom. The number of ether oxygens (including phenoxy) is 1. The molecule has 0 aromatic rings. The fourth-order valence-electron chi connectivity index (χ4n) is 1.11. The van der Waals surface area contributed by atoms with Crippen molar-refractivity contribution in [3.05, 3.63) is 12.7 Å². The molecule has 1 aliphatic heterocycles. The molecule has 0 amide bonds. The van der Waals surface area contributed by atoms with Crippen LogP contribution in [0.5, 0.6) is 0 Å². The Kier molecular flexibility index (Phi) is 3.76. The lowest BCUT2D eigenvalue weighted by molar-refractivity contribution is -0.144. The van der Waals surface area contributed by atoms with Crippen LogP contribution >= 0.6 is 12.2 Å². The van der Waals surface area contributed by atoms with Crippen molar-refractivity contribution in [2.45, 2.75) is 6.92 Å². The molecule has 5 heteroatoms. The Morgan fingerprint density at radius 1 is 1.93 bits per heavy atom. The zero-order chi connectivity index (χ0) is 10.6. The molecule has 1 N–H and O–H groups in total. The molecule has 0 fully saturated rings. The van der Waals surface area contributed by atoms with Crippen LogP contribution in [0.2, 0.25) is 0 Å². The van der Waals surface area contributed by atoms with Crippen LogP contribution in [0, 0.1) is 5.92 Å². The number of esters is 1. The van der Waals surface area contributed by atoms with Crippen molar-refractivity contribution in [3.63, 3.8) is 0 Å². The fourth-order valence-corrected chi connectivity index (χ4v) is 1.34. The van der Waals surface area contributed by atoms with Crippen molar-refractivity contribution in [2.24, 2.45) is 10.9 Å². The molecule has 0 saturated heterocycles. The highest BCUT2D eigenvalue weighted by Gasteiger charge is 2.26. The van der Waals surface area contributed by atoms with Crippen molar-refractivity contribution in [2.75, 3.05) is 13.2 Å². The maximum Gasteiger partial charge on any atom is 0.316 e. The predicted octanol–water partition coefficient (Wildman–Crippen LogP) is 0.681. The van der Waals surface area contributed by atoms with Gasteiger partial charge in [-0.1, -0.05) is 12.7 Å². The highest BCUT2D eigenvalue weighted by Crippen LogP contribution is 2.07. The summed E-state index contributed by atoms with van der Waals surface area (Å²) in [6.07, 6.45) is 1.53. The van der Waals surface area contributed by atoms with Gasteiger partial charge in [0.2, 0.25) is 0 Å². The van der Waals surface area contributed by atoms with Gasteiger partial charge in [-0.25, -0.2) is 4.99 Å². The Morgan fingerprint density at radius 3 is 3.21 bits per heavy atom. The van der Waals surface area contributed by atoms with E-state index in [4.69, 9.17) is 17.0 Å². The molecule has 0 aromatic heterocycles. The maximum absolute atomic E-state index is 11.4. The number of hydrogen-bond acceptors (Lipinski definition) is 3. The van der Waals surface area contributed by atoms with Crippen molar-refractivity contribution in [3.8, 4) is 0 Å². The standard InChI is InChI=1S/C9H12N2O2S/c1-3-4-13-8(12)7-5-10-9(14)11-6(7)2/h3,7H,1,4-5H2,2H3,(H,10,14). The first-order valence-electron chi connectivity index (χ1n) is 4.25. The van der Waals surface area contributed by atoms with Crippen molar-refractivity contribution < 1.29 is 9.53 Å². The minimum atomic E-state index is -0.332. The molecule has 1 atom stereocenters. The second-order valence-electron chi connectivity index (χ2n) is 2.91. The quantitative estimate of drug-likeness (QED) is 0.424. The van der Waals surface area contributed by atoms with Gasteiger partial charge in [0.25, 0.3) is 0 Å². The first kappa shape index (κ1) is 10.8. The Balaban J connectivity index is 2.60. The first-order chi connectivity index (χ1) is 6.65. The van der Waals surface area contributed by atoms with Gasteiger partial charge in [0.1, 0.15) is 12.5 Å². The topological polar surface area (TPSA) is 50.7 Å². The molecule has 1 heterocycles. The SMILES string of the molecule is C=CCOC(=O)C1CNC(=S)N=C1C. The summed E-state index contributed by atoms with van der Waals surface area (Å²) in [6.45, 7) is 5.93. The second-order valence-corrected chi connectivity index (χ2v) is 3.30. The van der Waals surface area contributed by atoms with E-state index in [0.717, 1.165) is 0 Å². The highest BCUT2D eigenvalue weighted by molar-refractivity contribution is 7.80. The van der Waals surface area contributed by atoms with Crippen molar-refractivity contribution in [1.29, 1.82) is 0 Å². The van der Waals surface area contributed by atoms with E-state index in [0.29, 0.717) is 17.4 Å². The molecular formula is C9H12N2O2S. The van der Waals surface area contributed by atoms with E-state index in [-0.39, 0.29) is 18.5 Å². The zero-order valence-electron chi connectivity index (χ0n) is 7.95. The van der Waals surface area contributed by atoms with Crippen LogP contribution in [0.3, 0.4) is 0 Å². The lowest BCUT2D eigenvalue weighted by Crippen LogP contribution is -2.41. The molecule has 1 aliphatic rings. The Bertz CT molecular complexity index is 299. The summed E-state index contributed by atoms with van der Waals surface area (Å²) in [4.78, 5) is 15.4. The van der Waals surface area contributed by atoms with Crippen LogP contribution < -0.4 is 5.32 Å². The van der Waals surface area contributed by atoms with E-state index in [1.807, 2.05) is 0 Å². The van der Waals surface area contributed by atoms with Crippen LogP contribution in [0.15, 0.2) is 17.6 Å². The molecule has 0 aliphatic carbocycles. The van der Waals surface area contributed by atoms with Gasteiger partial charge in [0.05, 0.1) is 0 Å². The normalized spacial score (nSPS) is 20.8. The molecule has 0 spiro atoms. The third kappa shape index (κ3) is 2.63. The predicted molar refractivity (Wildman–Crippen MR) is 58.4 cm³/mol. The van der Waals surface area contributed by atoms with E-state index in [1.54, 1.807) is 6.92 Å². The third-order valence-corrected chi connectivity index (χ3v) is 2.10. The fraction of sp³-hybridized carbons (Fsp3) is 0.444. The number of carbonyl (C=O) groups is 1. The van der Waals surface area contributed by atoms with E-state index >= 15 is 0 Å². The van der Waals surface area contributed by atoms with Gasteiger partial charge in [-0.3, -0.25) is 4.79 Å². The van der Waals surface area contributed by atoms with Crippen LogP contribution in [-0.4, -0.2) is 29.9 Å². The van der Waals surface area contributed by atoms with Gasteiger partial charge < -0.3 is 10.1 Å². The third-order valence-electron chi connectivity index (χ3n) is 1.87. The number of thiocarbonyl (C=S) groups is 1. The number of rotatable bonds is 3. The van der Waals surface area contributed by atoms with Gasteiger partial charge in [-0.15, -0.1) is 0 Å². The number of nitrogens with zero attached hydrogens (tertiary/aromatic N) is 1. The molecule has 1 rings (SSSR count). The van der Waals surface area contributed by atoms with Gasteiger partial charge in [0.15, 0.2) is 5.11 Å². The first-order valence-corrected chi connectivity index (χ1v) is 4.66. The second kappa shape index (κ2) is 4.85. The smallest absolute Gasteiger partial charge is 0.316 e. The molecule has 14 heavy (non-hydrogen) atoms. The van der Waals surface area contributed by atoms with E-state index < -0.39 is 0 Å².